The van der Waals surface area contributed by atoms with Gasteiger partial charge in [0.2, 0.25) is 0 Å². The van der Waals surface area contributed by atoms with Crippen LogP contribution in [0.5, 0.6) is 0 Å². The van der Waals surface area contributed by atoms with E-state index in [1.807, 2.05) is 0 Å². The molecule has 110 valence electrons. The number of hydrogen-bond donors (Lipinski definition) is 1. The van der Waals surface area contributed by atoms with Crippen molar-refractivity contribution >= 4 is 15.9 Å². The number of benzene rings is 1. The van der Waals surface area contributed by atoms with Crippen LogP contribution in [0.25, 0.3) is 0 Å². The number of nitrogens with two attached hydrogens (primary N) is 1. The average Bonchev–Trinajstić information content (AvgIpc) is 3.02. The zero-order chi connectivity index (χ0) is 14.1. The third-order valence-electron chi connectivity index (χ3n) is 5.24. The Balaban J connectivity index is 1.81. The maximum Gasteiger partial charge on any atom is 0.0499 e. The van der Waals surface area contributed by atoms with Gasteiger partial charge in [-0.1, -0.05) is 41.4 Å². The molecule has 4 atom stereocenters. The van der Waals surface area contributed by atoms with Gasteiger partial charge >= 0.3 is 0 Å². The van der Waals surface area contributed by atoms with Gasteiger partial charge in [-0.15, -0.1) is 0 Å². The number of halogens is 1. The molecule has 2 fully saturated rings. The van der Waals surface area contributed by atoms with Crippen LogP contribution in [0.4, 0.5) is 0 Å². The minimum Gasteiger partial charge on any atom is -0.326 e. The van der Waals surface area contributed by atoms with Gasteiger partial charge in [-0.25, -0.2) is 0 Å². The van der Waals surface area contributed by atoms with E-state index in [0.29, 0.717) is 6.04 Å². The standard InChI is InChI=1S/C17H25BrN2/c1-2-16(19)17(12-6-8-15(18)9-7-12)20-10-13-4-3-5-14(13)11-20/h6-9,13-14,16-17H,2-5,10-11,19H2,1H3. The second-order valence-corrected chi connectivity index (χ2v) is 7.39. The highest BCUT2D eigenvalue weighted by Gasteiger charge is 2.40. The van der Waals surface area contributed by atoms with Crippen LogP contribution in [0, 0.1) is 11.8 Å². The Labute approximate surface area is 130 Å². The van der Waals surface area contributed by atoms with Crippen LogP contribution in [-0.2, 0) is 0 Å². The Kier molecular flexibility index (Phi) is 4.49. The molecular weight excluding hydrogens is 312 g/mol. The summed E-state index contributed by atoms with van der Waals surface area (Å²) < 4.78 is 1.14. The summed E-state index contributed by atoms with van der Waals surface area (Å²) in [5, 5.41) is 0. The lowest BCUT2D eigenvalue weighted by Gasteiger charge is -2.33. The van der Waals surface area contributed by atoms with Gasteiger partial charge in [-0.05, 0) is 48.8 Å². The number of fused-ring (bicyclic) bond motifs is 1. The number of hydrogen-bond acceptors (Lipinski definition) is 2. The van der Waals surface area contributed by atoms with Crippen LogP contribution in [0.2, 0.25) is 0 Å². The molecule has 1 heterocycles. The van der Waals surface area contributed by atoms with E-state index in [-0.39, 0.29) is 6.04 Å². The van der Waals surface area contributed by atoms with E-state index in [1.165, 1.54) is 37.9 Å². The smallest absolute Gasteiger partial charge is 0.0499 e. The van der Waals surface area contributed by atoms with Crippen LogP contribution >= 0.6 is 15.9 Å². The molecule has 2 nitrogen and oxygen atoms in total. The van der Waals surface area contributed by atoms with E-state index < -0.39 is 0 Å². The molecule has 0 amide bonds. The van der Waals surface area contributed by atoms with E-state index in [4.69, 9.17) is 5.73 Å². The van der Waals surface area contributed by atoms with Crippen LogP contribution in [-0.4, -0.2) is 24.0 Å². The van der Waals surface area contributed by atoms with Crippen molar-refractivity contribution in [1.29, 1.82) is 0 Å². The van der Waals surface area contributed by atoms with Gasteiger partial charge in [0.1, 0.15) is 0 Å². The summed E-state index contributed by atoms with van der Waals surface area (Å²) in [7, 11) is 0. The number of likely N-dealkylation sites (tertiary alicyclic amines) is 1. The molecule has 0 radical (unpaired) electrons. The summed E-state index contributed by atoms with van der Waals surface area (Å²) in [6.45, 7) is 4.70. The first-order valence-corrected chi connectivity index (χ1v) is 8.73. The quantitative estimate of drug-likeness (QED) is 0.901. The normalized spacial score (nSPS) is 29.4. The minimum atomic E-state index is 0.231. The Morgan fingerprint density at radius 3 is 2.35 bits per heavy atom. The van der Waals surface area contributed by atoms with Crippen molar-refractivity contribution in [2.45, 2.75) is 44.7 Å². The van der Waals surface area contributed by atoms with E-state index in [1.54, 1.807) is 0 Å². The average molecular weight is 337 g/mol. The van der Waals surface area contributed by atoms with Crippen molar-refractivity contribution in [2.75, 3.05) is 13.1 Å². The fourth-order valence-corrected chi connectivity index (χ4v) is 4.37. The monoisotopic (exact) mass is 336 g/mol. The van der Waals surface area contributed by atoms with Crippen molar-refractivity contribution in [1.82, 2.24) is 4.90 Å². The molecule has 0 aromatic heterocycles. The fraction of sp³-hybridized carbons (Fsp3) is 0.647. The molecule has 1 aromatic carbocycles. The van der Waals surface area contributed by atoms with Crippen LogP contribution in [0.1, 0.15) is 44.2 Å². The molecule has 20 heavy (non-hydrogen) atoms. The largest absolute Gasteiger partial charge is 0.326 e. The molecule has 3 heteroatoms. The van der Waals surface area contributed by atoms with Gasteiger partial charge in [0.05, 0.1) is 0 Å². The predicted octanol–water partition coefficient (Wildman–Crippen LogP) is 3.96. The first-order valence-electron chi connectivity index (χ1n) is 7.94. The van der Waals surface area contributed by atoms with E-state index >= 15 is 0 Å². The molecule has 1 aliphatic carbocycles. The molecule has 2 N–H and O–H groups in total. The van der Waals surface area contributed by atoms with Gasteiger partial charge in [0.15, 0.2) is 0 Å². The molecule has 1 aliphatic heterocycles. The maximum atomic E-state index is 6.46. The Hall–Kier alpha value is -0.380. The zero-order valence-electron chi connectivity index (χ0n) is 12.3. The predicted molar refractivity (Wildman–Crippen MR) is 87.6 cm³/mol. The van der Waals surface area contributed by atoms with Crippen LogP contribution < -0.4 is 5.73 Å². The van der Waals surface area contributed by atoms with Crippen LogP contribution in [0.15, 0.2) is 28.7 Å². The first kappa shape index (κ1) is 14.6. The van der Waals surface area contributed by atoms with Gasteiger partial charge in [-0.3, -0.25) is 4.90 Å². The molecule has 2 aliphatic rings. The van der Waals surface area contributed by atoms with Crippen molar-refractivity contribution in [3.63, 3.8) is 0 Å². The number of nitrogens with zero attached hydrogens (tertiary/aromatic N) is 1. The van der Waals surface area contributed by atoms with Crippen molar-refractivity contribution in [3.8, 4) is 0 Å². The molecule has 1 aromatic rings. The van der Waals surface area contributed by atoms with Crippen molar-refractivity contribution < 1.29 is 0 Å². The molecule has 1 saturated heterocycles. The molecule has 0 bridgehead atoms. The topological polar surface area (TPSA) is 29.3 Å². The van der Waals surface area contributed by atoms with E-state index in [2.05, 4.69) is 52.0 Å². The second kappa shape index (κ2) is 6.17. The fourth-order valence-electron chi connectivity index (χ4n) is 4.11. The highest BCUT2D eigenvalue weighted by atomic mass is 79.9. The lowest BCUT2D eigenvalue weighted by atomic mass is 9.96. The number of rotatable bonds is 4. The highest BCUT2D eigenvalue weighted by Crippen LogP contribution is 2.41. The summed E-state index contributed by atoms with van der Waals surface area (Å²) in [5.74, 6) is 1.86. The van der Waals surface area contributed by atoms with Gasteiger partial charge in [0, 0.05) is 29.6 Å². The van der Waals surface area contributed by atoms with Gasteiger partial charge in [-0.2, -0.15) is 0 Å². The Morgan fingerprint density at radius 2 is 1.80 bits per heavy atom. The summed E-state index contributed by atoms with van der Waals surface area (Å²) in [4.78, 5) is 2.66. The lowest BCUT2D eigenvalue weighted by Crippen LogP contribution is -2.40. The van der Waals surface area contributed by atoms with E-state index in [9.17, 15) is 0 Å². The first-order chi connectivity index (χ1) is 9.69. The Morgan fingerprint density at radius 1 is 1.20 bits per heavy atom. The summed E-state index contributed by atoms with van der Waals surface area (Å²) in [6, 6.07) is 9.37. The molecule has 0 spiro atoms. The van der Waals surface area contributed by atoms with Gasteiger partial charge in [0.25, 0.3) is 0 Å². The third-order valence-corrected chi connectivity index (χ3v) is 5.77. The van der Waals surface area contributed by atoms with Crippen molar-refractivity contribution in [3.05, 3.63) is 34.3 Å². The molecular formula is C17H25BrN2. The third kappa shape index (κ3) is 2.81. The highest BCUT2D eigenvalue weighted by molar-refractivity contribution is 9.10. The maximum absolute atomic E-state index is 6.46. The second-order valence-electron chi connectivity index (χ2n) is 6.47. The van der Waals surface area contributed by atoms with E-state index in [0.717, 1.165) is 22.7 Å². The summed E-state index contributed by atoms with van der Waals surface area (Å²) >= 11 is 3.53. The molecule has 3 rings (SSSR count). The zero-order valence-corrected chi connectivity index (χ0v) is 13.8. The summed E-state index contributed by atoms with van der Waals surface area (Å²) in [6.07, 6.45) is 5.32. The minimum absolute atomic E-state index is 0.231. The van der Waals surface area contributed by atoms with Crippen molar-refractivity contribution in [2.24, 2.45) is 17.6 Å². The Bertz CT molecular complexity index is 433. The summed E-state index contributed by atoms with van der Waals surface area (Å²) in [5.41, 5.74) is 7.84. The molecule has 1 saturated carbocycles. The van der Waals surface area contributed by atoms with Crippen LogP contribution in [0.3, 0.4) is 0 Å². The molecule has 4 unspecified atom stereocenters. The SMILES string of the molecule is CCC(N)C(c1ccc(Br)cc1)N1CC2CCCC2C1. The van der Waals surface area contributed by atoms with Gasteiger partial charge < -0.3 is 5.73 Å². The lowest BCUT2D eigenvalue weighted by molar-refractivity contribution is 0.194.